The molecule has 2 heterocycles. The molecule has 0 aliphatic carbocycles. The van der Waals surface area contributed by atoms with Crippen molar-refractivity contribution < 1.29 is 8.42 Å². The molecule has 1 aromatic heterocycles. The van der Waals surface area contributed by atoms with E-state index in [1.807, 2.05) is 12.1 Å². The molecule has 6 heteroatoms. The molecule has 0 amide bonds. The van der Waals surface area contributed by atoms with E-state index in [4.69, 9.17) is 5.73 Å². The molecule has 4 rings (SSSR count). The van der Waals surface area contributed by atoms with Gasteiger partial charge in [0, 0.05) is 35.9 Å². The molecule has 0 radical (unpaired) electrons. The summed E-state index contributed by atoms with van der Waals surface area (Å²) in [6.07, 6.45) is 4.81. The highest BCUT2D eigenvalue weighted by molar-refractivity contribution is 7.90. The standard InChI is InChI=1S/C20H21N3O2S/c1-22-11-9-15(10-12-22)19-14-23(20-13-16(21)7-8-18(19)20)26(24,25)17-5-3-2-4-6-17/h2-9,13-14H,10-12,21H2,1H3. The zero-order valence-electron chi connectivity index (χ0n) is 14.6. The zero-order valence-corrected chi connectivity index (χ0v) is 15.4. The first-order valence-electron chi connectivity index (χ1n) is 8.56. The Bertz CT molecular complexity index is 1100. The first-order chi connectivity index (χ1) is 12.5. The fourth-order valence-electron chi connectivity index (χ4n) is 3.39. The van der Waals surface area contributed by atoms with Crippen LogP contribution in [0.1, 0.15) is 12.0 Å². The van der Waals surface area contributed by atoms with E-state index in [0.29, 0.717) is 11.2 Å². The van der Waals surface area contributed by atoms with Gasteiger partial charge < -0.3 is 10.6 Å². The van der Waals surface area contributed by atoms with Gasteiger partial charge in [-0.3, -0.25) is 0 Å². The van der Waals surface area contributed by atoms with Crippen LogP contribution in [-0.4, -0.2) is 37.4 Å². The van der Waals surface area contributed by atoms with Gasteiger partial charge in [-0.15, -0.1) is 0 Å². The minimum absolute atomic E-state index is 0.267. The van der Waals surface area contributed by atoms with Crippen LogP contribution in [0.2, 0.25) is 0 Å². The Hall–Kier alpha value is -2.57. The van der Waals surface area contributed by atoms with Crippen molar-refractivity contribution in [1.82, 2.24) is 8.87 Å². The van der Waals surface area contributed by atoms with Crippen LogP contribution in [0.25, 0.3) is 16.5 Å². The number of anilines is 1. The number of fused-ring (bicyclic) bond motifs is 1. The molecular weight excluding hydrogens is 346 g/mol. The van der Waals surface area contributed by atoms with Gasteiger partial charge in [-0.05, 0) is 43.3 Å². The van der Waals surface area contributed by atoms with E-state index in [1.165, 1.54) is 9.55 Å². The second-order valence-electron chi connectivity index (χ2n) is 6.67. The van der Waals surface area contributed by atoms with E-state index >= 15 is 0 Å². The molecule has 0 saturated heterocycles. The third-order valence-corrected chi connectivity index (χ3v) is 6.54. The molecule has 0 bridgehead atoms. The fraction of sp³-hybridized carbons (Fsp3) is 0.200. The second-order valence-corrected chi connectivity index (χ2v) is 8.49. The maximum atomic E-state index is 13.2. The van der Waals surface area contributed by atoms with Crippen molar-refractivity contribution in [3.8, 4) is 0 Å². The van der Waals surface area contributed by atoms with Crippen LogP contribution in [0, 0.1) is 0 Å². The molecule has 1 aliphatic rings. The van der Waals surface area contributed by atoms with Gasteiger partial charge in [0.15, 0.2) is 0 Å². The Balaban J connectivity index is 1.95. The van der Waals surface area contributed by atoms with Crippen LogP contribution in [0.3, 0.4) is 0 Å². The van der Waals surface area contributed by atoms with Gasteiger partial charge in [0.05, 0.1) is 10.4 Å². The van der Waals surface area contributed by atoms with E-state index < -0.39 is 10.0 Å². The number of nitrogen functional groups attached to an aromatic ring is 1. The minimum atomic E-state index is -3.69. The normalized spacial score (nSPS) is 16.0. The van der Waals surface area contributed by atoms with Crippen molar-refractivity contribution in [2.24, 2.45) is 0 Å². The third kappa shape index (κ3) is 2.81. The van der Waals surface area contributed by atoms with Crippen LogP contribution < -0.4 is 5.73 Å². The van der Waals surface area contributed by atoms with E-state index in [9.17, 15) is 8.42 Å². The average molecular weight is 367 g/mol. The summed E-state index contributed by atoms with van der Waals surface area (Å²) in [5.41, 5.74) is 9.26. The van der Waals surface area contributed by atoms with Gasteiger partial charge in [-0.1, -0.05) is 30.3 Å². The number of nitrogens with two attached hydrogens (primary N) is 1. The van der Waals surface area contributed by atoms with E-state index in [2.05, 4.69) is 18.0 Å². The number of rotatable bonds is 3. The fourth-order valence-corrected chi connectivity index (χ4v) is 4.77. The van der Waals surface area contributed by atoms with E-state index in [-0.39, 0.29) is 4.90 Å². The maximum Gasteiger partial charge on any atom is 0.268 e. The maximum absolute atomic E-state index is 13.2. The van der Waals surface area contributed by atoms with Crippen LogP contribution >= 0.6 is 0 Å². The third-order valence-electron chi connectivity index (χ3n) is 4.85. The van der Waals surface area contributed by atoms with Crippen molar-refractivity contribution in [1.29, 1.82) is 0 Å². The van der Waals surface area contributed by atoms with Crippen LogP contribution in [0.4, 0.5) is 5.69 Å². The van der Waals surface area contributed by atoms with Crippen LogP contribution in [0.5, 0.6) is 0 Å². The molecule has 2 N–H and O–H groups in total. The number of aromatic nitrogens is 1. The quantitative estimate of drug-likeness (QED) is 0.722. The lowest BCUT2D eigenvalue weighted by Gasteiger charge is -2.21. The molecular formula is C20H21N3O2S. The highest BCUT2D eigenvalue weighted by Crippen LogP contribution is 2.33. The van der Waals surface area contributed by atoms with Gasteiger partial charge in [0.2, 0.25) is 0 Å². The molecule has 0 spiro atoms. The van der Waals surface area contributed by atoms with Crippen LogP contribution in [0.15, 0.2) is 65.7 Å². The zero-order chi connectivity index (χ0) is 18.3. The SMILES string of the molecule is CN1CC=C(c2cn(S(=O)(=O)c3ccccc3)c3cc(N)ccc23)CC1. The van der Waals surface area contributed by atoms with E-state index in [1.54, 1.807) is 42.6 Å². The van der Waals surface area contributed by atoms with Gasteiger partial charge in [0.1, 0.15) is 0 Å². The molecule has 5 nitrogen and oxygen atoms in total. The van der Waals surface area contributed by atoms with Crippen molar-refractivity contribution in [3.63, 3.8) is 0 Å². The molecule has 0 unspecified atom stereocenters. The lowest BCUT2D eigenvalue weighted by atomic mass is 9.99. The van der Waals surface area contributed by atoms with Crippen molar-refractivity contribution in [2.45, 2.75) is 11.3 Å². The monoisotopic (exact) mass is 367 g/mol. The summed E-state index contributed by atoms with van der Waals surface area (Å²) in [5, 5.41) is 0.912. The van der Waals surface area contributed by atoms with Crippen LogP contribution in [-0.2, 0) is 10.0 Å². The lowest BCUT2D eigenvalue weighted by Crippen LogP contribution is -2.23. The number of nitrogens with zero attached hydrogens (tertiary/aromatic N) is 2. The Labute approximate surface area is 153 Å². The van der Waals surface area contributed by atoms with Gasteiger partial charge in [-0.2, -0.15) is 0 Å². The Morgan fingerprint density at radius 2 is 1.85 bits per heavy atom. The summed E-state index contributed by atoms with van der Waals surface area (Å²) < 4.78 is 27.8. The highest BCUT2D eigenvalue weighted by Gasteiger charge is 2.23. The Morgan fingerprint density at radius 3 is 2.54 bits per heavy atom. The molecule has 0 fully saturated rings. The Kier molecular flexibility index (Phi) is 4.09. The summed E-state index contributed by atoms with van der Waals surface area (Å²) in [6.45, 7) is 1.82. The number of likely N-dealkylation sites (N-methyl/N-ethyl adjacent to an activating group) is 1. The van der Waals surface area contributed by atoms with E-state index in [0.717, 1.165) is 30.5 Å². The molecule has 134 valence electrons. The topological polar surface area (TPSA) is 68.3 Å². The van der Waals surface area contributed by atoms with Gasteiger partial charge in [-0.25, -0.2) is 12.4 Å². The predicted octanol–water partition coefficient (Wildman–Crippen LogP) is 3.18. The average Bonchev–Trinajstić information content (AvgIpc) is 3.02. The first kappa shape index (κ1) is 16.9. The smallest absolute Gasteiger partial charge is 0.268 e. The minimum Gasteiger partial charge on any atom is -0.399 e. The molecule has 0 atom stereocenters. The number of hydrogen-bond donors (Lipinski definition) is 1. The summed E-state index contributed by atoms with van der Waals surface area (Å²) in [7, 11) is -1.61. The predicted molar refractivity (Wildman–Crippen MR) is 105 cm³/mol. The summed E-state index contributed by atoms with van der Waals surface area (Å²) in [4.78, 5) is 2.50. The molecule has 26 heavy (non-hydrogen) atoms. The van der Waals surface area contributed by atoms with Crippen molar-refractivity contribution in [3.05, 3.63) is 66.4 Å². The molecule has 0 saturated carbocycles. The van der Waals surface area contributed by atoms with Crippen molar-refractivity contribution in [2.75, 3.05) is 25.9 Å². The largest absolute Gasteiger partial charge is 0.399 e. The lowest BCUT2D eigenvalue weighted by molar-refractivity contribution is 0.370. The number of hydrogen-bond acceptors (Lipinski definition) is 4. The first-order valence-corrected chi connectivity index (χ1v) is 10.00. The van der Waals surface area contributed by atoms with Gasteiger partial charge in [0.25, 0.3) is 10.0 Å². The van der Waals surface area contributed by atoms with Gasteiger partial charge >= 0.3 is 0 Å². The summed E-state index contributed by atoms with van der Waals surface area (Å²) in [5.74, 6) is 0. The number of benzene rings is 2. The molecule has 3 aromatic rings. The highest BCUT2D eigenvalue weighted by atomic mass is 32.2. The summed E-state index contributed by atoms with van der Waals surface area (Å²) in [6, 6.07) is 14.0. The molecule has 2 aromatic carbocycles. The molecule has 1 aliphatic heterocycles. The Morgan fingerprint density at radius 1 is 1.08 bits per heavy atom. The second kappa shape index (κ2) is 6.30. The summed E-state index contributed by atoms with van der Waals surface area (Å²) >= 11 is 0. The van der Waals surface area contributed by atoms with Crippen molar-refractivity contribution >= 4 is 32.2 Å².